The number of aldehydes is 1. The smallest absolute Gasteiger partial charge is 0.261 e. The normalized spacial score (nSPS) is 10.9. The molecule has 0 aliphatic carbocycles. The highest BCUT2D eigenvalue weighted by Crippen LogP contribution is 2.17. The van der Waals surface area contributed by atoms with Crippen molar-refractivity contribution in [1.82, 2.24) is 0 Å². The number of primary amides is 1. The monoisotopic (exact) mass is 304 g/mol. The lowest BCUT2D eigenvalue weighted by atomic mass is 10.2. The van der Waals surface area contributed by atoms with Crippen molar-refractivity contribution in [1.29, 1.82) is 0 Å². The van der Waals surface area contributed by atoms with Crippen molar-refractivity contribution in [2.75, 3.05) is 4.72 Å². The molecule has 0 bridgehead atoms. The van der Waals surface area contributed by atoms with Crippen LogP contribution in [0.2, 0.25) is 0 Å². The van der Waals surface area contributed by atoms with Gasteiger partial charge in [-0.15, -0.1) is 0 Å². The third kappa shape index (κ3) is 3.46. The summed E-state index contributed by atoms with van der Waals surface area (Å²) in [5, 5.41) is 0. The van der Waals surface area contributed by atoms with Crippen LogP contribution in [0.5, 0.6) is 0 Å². The predicted octanol–water partition coefficient (Wildman–Crippen LogP) is 1.40. The third-order valence-corrected chi connectivity index (χ3v) is 4.12. The summed E-state index contributed by atoms with van der Waals surface area (Å²) in [5.41, 5.74) is 5.95. The molecule has 108 valence electrons. The molecule has 0 aliphatic heterocycles. The third-order valence-electron chi connectivity index (χ3n) is 2.73. The molecule has 0 atom stereocenters. The van der Waals surface area contributed by atoms with Crippen LogP contribution < -0.4 is 10.5 Å². The molecule has 0 heterocycles. The highest BCUT2D eigenvalue weighted by molar-refractivity contribution is 7.92. The van der Waals surface area contributed by atoms with Crippen LogP contribution in [0.3, 0.4) is 0 Å². The van der Waals surface area contributed by atoms with Gasteiger partial charge in [0.15, 0.2) is 0 Å². The van der Waals surface area contributed by atoms with Gasteiger partial charge in [-0.25, -0.2) is 8.42 Å². The van der Waals surface area contributed by atoms with E-state index in [4.69, 9.17) is 5.73 Å². The molecule has 0 aliphatic rings. The first-order valence-electron chi connectivity index (χ1n) is 5.90. The van der Waals surface area contributed by atoms with E-state index in [1.54, 1.807) is 0 Å². The molecule has 6 nitrogen and oxygen atoms in total. The van der Waals surface area contributed by atoms with E-state index in [0.29, 0.717) is 11.8 Å². The van der Waals surface area contributed by atoms with E-state index in [9.17, 15) is 18.0 Å². The number of benzene rings is 2. The molecule has 7 heteroatoms. The zero-order valence-corrected chi connectivity index (χ0v) is 11.6. The first-order chi connectivity index (χ1) is 9.92. The summed E-state index contributed by atoms with van der Waals surface area (Å²) >= 11 is 0. The predicted molar refractivity (Wildman–Crippen MR) is 77.6 cm³/mol. The van der Waals surface area contributed by atoms with Gasteiger partial charge >= 0.3 is 0 Å². The van der Waals surface area contributed by atoms with Crippen molar-refractivity contribution in [2.45, 2.75) is 4.90 Å². The Kier molecular flexibility index (Phi) is 4.04. The van der Waals surface area contributed by atoms with Gasteiger partial charge < -0.3 is 5.73 Å². The number of anilines is 1. The molecular formula is C14H12N2O4S. The van der Waals surface area contributed by atoms with E-state index in [1.165, 1.54) is 48.5 Å². The van der Waals surface area contributed by atoms with Gasteiger partial charge in [0.05, 0.1) is 4.90 Å². The lowest BCUT2D eigenvalue weighted by Gasteiger charge is -2.09. The van der Waals surface area contributed by atoms with E-state index in [-0.39, 0.29) is 16.1 Å². The molecule has 2 aromatic rings. The van der Waals surface area contributed by atoms with Gasteiger partial charge in [-0.05, 0) is 30.3 Å². The number of hydrogen-bond donors (Lipinski definition) is 2. The molecule has 0 unspecified atom stereocenters. The van der Waals surface area contributed by atoms with Crippen molar-refractivity contribution < 1.29 is 18.0 Å². The van der Waals surface area contributed by atoms with Crippen LogP contribution >= 0.6 is 0 Å². The van der Waals surface area contributed by atoms with Crippen LogP contribution in [-0.2, 0) is 10.0 Å². The summed E-state index contributed by atoms with van der Waals surface area (Å²) in [6.07, 6.45) is 0.625. The van der Waals surface area contributed by atoms with E-state index in [2.05, 4.69) is 4.72 Å². The minimum Gasteiger partial charge on any atom is -0.366 e. The Balaban J connectivity index is 2.30. The highest BCUT2D eigenvalue weighted by atomic mass is 32.2. The number of nitrogens with one attached hydrogen (secondary N) is 1. The second kappa shape index (κ2) is 5.76. The number of hydrogen-bond acceptors (Lipinski definition) is 4. The first-order valence-corrected chi connectivity index (χ1v) is 7.38. The van der Waals surface area contributed by atoms with Crippen molar-refractivity contribution in [3.63, 3.8) is 0 Å². The molecule has 1 amide bonds. The Morgan fingerprint density at radius 1 is 1.10 bits per heavy atom. The standard InChI is InChI=1S/C14H12N2O4S/c15-14(18)11-2-1-3-12(8-11)16-21(19,20)13-6-4-10(9-17)5-7-13/h1-9,16H,(H2,15,18). The van der Waals surface area contributed by atoms with Crippen molar-refractivity contribution in [3.05, 3.63) is 59.7 Å². The molecule has 2 rings (SSSR count). The summed E-state index contributed by atoms with van der Waals surface area (Å²) < 4.78 is 26.7. The lowest BCUT2D eigenvalue weighted by molar-refractivity contribution is 0.1000. The van der Waals surface area contributed by atoms with E-state index in [1.807, 2.05) is 0 Å². The summed E-state index contributed by atoms with van der Waals surface area (Å²) in [6, 6.07) is 11.3. The van der Waals surface area contributed by atoms with Crippen molar-refractivity contribution in [3.8, 4) is 0 Å². The average Bonchev–Trinajstić information content (AvgIpc) is 2.47. The van der Waals surface area contributed by atoms with Gasteiger partial charge in [-0.3, -0.25) is 14.3 Å². The molecule has 2 aromatic carbocycles. The largest absolute Gasteiger partial charge is 0.366 e. The molecule has 0 aromatic heterocycles. The fraction of sp³-hybridized carbons (Fsp3) is 0. The van der Waals surface area contributed by atoms with Crippen LogP contribution in [0.4, 0.5) is 5.69 Å². The fourth-order valence-corrected chi connectivity index (χ4v) is 2.73. The number of amides is 1. The number of rotatable bonds is 5. The fourth-order valence-electron chi connectivity index (χ4n) is 1.68. The zero-order valence-electron chi connectivity index (χ0n) is 10.8. The second-order valence-corrected chi connectivity index (χ2v) is 5.92. The van der Waals surface area contributed by atoms with Gasteiger partial charge in [0.25, 0.3) is 10.0 Å². The molecule has 0 spiro atoms. The van der Waals surface area contributed by atoms with Gasteiger partial charge in [0.1, 0.15) is 6.29 Å². The van der Waals surface area contributed by atoms with E-state index < -0.39 is 15.9 Å². The highest BCUT2D eigenvalue weighted by Gasteiger charge is 2.14. The minimum absolute atomic E-state index is 0.0116. The van der Waals surface area contributed by atoms with Crippen LogP contribution in [0.15, 0.2) is 53.4 Å². The van der Waals surface area contributed by atoms with Gasteiger partial charge in [-0.1, -0.05) is 18.2 Å². The Hall–Kier alpha value is -2.67. The van der Waals surface area contributed by atoms with Gasteiger partial charge in [0, 0.05) is 16.8 Å². The molecule has 0 fully saturated rings. The molecule has 0 radical (unpaired) electrons. The molecule has 0 saturated heterocycles. The zero-order chi connectivity index (χ0) is 15.5. The van der Waals surface area contributed by atoms with Crippen LogP contribution in [0, 0.1) is 0 Å². The van der Waals surface area contributed by atoms with Crippen molar-refractivity contribution in [2.24, 2.45) is 5.73 Å². The molecule has 3 N–H and O–H groups in total. The SMILES string of the molecule is NC(=O)c1cccc(NS(=O)(=O)c2ccc(C=O)cc2)c1. The second-order valence-electron chi connectivity index (χ2n) is 4.24. The maximum atomic E-state index is 12.2. The summed E-state index contributed by atoms with van der Waals surface area (Å²) in [4.78, 5) is 21.6. The van der Waals surface area contributed by atoms with E-state index >= 15 is 0 Å². The Morgan fingerprint density at radius 3 is 2.33 bits per heavy atom. The summed E-state index contributed by atoms with van der Waals surface area (Å²) in [7, 11) is -3.80. The van der Waals surface area contributed by atoms with Gasteiger partial charge in [0.2, 0.25) is 5.91 Å². The topological polar surface area (TPSA) is 106 Å². The molecule has 21 heavy (non-hydrogen) atoms. The van der Waals surface area contributed by atoms with Crippen LogP contribution in [0.25, 0.3) is 0 Å². The lowest BCUT2D eigenvalue weighted by Crippen LogP contribution is -2.15. The Morgan fingerprint density at radius 2 is 1.76 bits per heavy atom. The molecule has 0 saturated carbocycles. The maximum Gasteiger partial charge on any atom is 0.261 e. The molecular weight excluding hydrogens is 292 g/mol. The summed E-state index contributed by atoms with van der Waals surface area (Å²) in [5.74, 6) is -0.647. The summed E-state index contributed by atoms with van der Waals surface area (Å²) in [6.45, 7) is 0. The number of carbonyl (C=O) groups is 2. The van der Waals surface area contributed by atoms with Crippen molar-refractivity contribution >= 4 is 27.9 Å². The van der Waals surface area contributed by atoms with Gasteiger partial charge in [-0.2, -0.15) is 0 Å². The van der Waals surface area contributed by atoms with Crippen LogP contribution in [0.1, 0.15) is 20.7 Å². The van der Waals surface area contributed by atoms with E-state index in [0.717, 1.165) is 0 Å². The Bertz CT molecular complexity index is 783. The Labute approximate surface area is 121 Å². The minimum atomic E-state index is -3.80. The maximum absolute atomic E-state index is 12.2. The van der Waals surface area contributed by atoms with Crippen LogP contribution in [-0.4, -0.2) is 20.6 Å². The quantitative estimate of drug-likeness (QED) is 0.814. The first kappa shape index (κ1) is 14.7. The number of carbonyl (C=O) groups excluding carboxylic acids is 2. The average molecular weight is 304 g/mol. The number of sulfonamides is 1. The number of nitrogens with two attached hydrogens (primary N) is 1.